The summed E-state index contributed by atoms with van der Waals surface area (Å²) in [6.45, 7) is 2.21. The normalized spacial score (nSPS) is 18.1. The summed E-state index contributed by atoms with van der Waals surface area (Å²) in [5.41, 5.74) is 0. The van der Waals surface area contributed by atoms with Gasteiger partial charge in [-0.3, -0.25) is 4.79 Å². The number of carbonyl (C=O) groups excluding carboxylic acids is 1. The van der Waals surface area contributed by atoms with Crippen LogP contribution in [-0.4, -0.2) is 70.1 Å². The fraction of sp³-hybridized carbons (Fsp3) is 0.900. The van der Waals surface area contributed by atoms with Gasteiger partial charge in [0.15, 0.2) is 0 Å². The third-order valence-corrected chi connectivity index (χ3v) is 4.01. The largest absolute Gasteiger partial charge is 0.356 e. The number of hydrogen-bond donors (Lipinski definition) is 1. The molecular weight excluding hydrogens is 242 g/mol. The Bertz CT molecular complexity index is 361. The van der Waals surface area contributed by atoms with Gasteiger partial charge in [-0.15, -0.1) is 0 Å². The summed E-state index contributed by atoms with van der Waals surface area (Å²) < 4.78 is 23.5. The first-order chi connectivity index (χ1) is 7.80. The molecule has 1 amide bonds. The molecular formula is C10H21N3O3S. The van der Waals surface area contributed by atoms with Crippen molar-refractivity contribution >= 4 is 15.9 Å². The van der Waals surface area contributed by atoms with E-state index < -0.39 is 10.0 Å². The molecule has 0 spiro atoms. The monoisotopic (exact) mass is 263 g/mol. The van der Waals surface area contributed by atoms with Crippen LogP contribution in [0.25, 0.3) is 0 Å². The second-order valence-corrected chi connectivity index (χ2v) is 6.71. The molecule has 0 bridgehead atoms. The van der Waals surface area contributed by atoms with Crippen molar-refractivity contribution in [3.63, 3.8) is 0 Å². The maximum atomic E-state index is 11.6. The molecule has 0 aromatic heterocycles. The molecule has 1 aliphatic rings. The third-order valence-electron chi connectivity index (χ3n) is 2.77. The van der Waals surface area contributed by atoms with Crippen LogP contribution in [0.15, 0.2) is 0 Å². The minimum absolute atomic E-state index is 0.0383. The molecule has 1 fully saturated rings. The molecule has 1 saturated heterocycles. The van der Waals surface area contributed by atoms with Gasteiger partial charge in [-0.1, -0.05) is 0 Å². The van der Waals surface area contributed by atoms with E-state index in [1.807, 2.05) is 14.1 Å². The predicted octanol–water partition coefficient (Wildman–Crippen LogP) is -1.05. The van der Waals surface area contributed by atoms with Crippen molar-refractivity contribution in [2.45, 2.75) is 6.42 Å². The highest BCUT2D eigenvalue weighted by molar-refractivity contribution is 7.88. The second kappa shape index (κ2) is 5.79. The van der Waals surface area contributed by atoms with Crippen molar-refractivity contribution in [3.8, 4) is 0 Å². The lowest BCUT2D eigenvalue weighted by molar-refractivity contribution is -0.128. The van der Waals surface area contributed by atoms with E-state index in [9.17, 15) is 13.2 Å². The van der Waals surface area contributed by atoms with E-state index in [1.165, 1.54) is 4.31 Å². The highest BCUT2D eigenvalue weighted by Crippen LogP contribution is 2.18. The number of hydrogen-bond acceptors (Lipinski definition) is 4. The average Bonchev–Trinajstić information content (AvgIpc) is 2.07. The molecule has 0 aliphatic carbocycles. The van der Waals surface area contributed by atoms with Crippen LogP contribution in [-0.2, 0) is 14.8 Å². The van der Waals surface area contributed by atoms with Gasteiger partial charge in [-0.05, 0) is 27.1 Å². The van der Waals surface area contributed by atoms with Crippen LogP contribution in [0.2, 0.25) is 0 Å². The Hall–Kier alpha value is -0.660. The topological polar surface area (TPSA) is 69.7 Å². The predicted molar refractivity (Wildman–Crippen MR) is 66.1 cm³/mol. The van der Waals surface area contributed by atoms with Gasteiger partial charge in [0.25, 0.3) is 0 Å². The highest BCUT2D eigenvalue weighted by atomic mass is 32.2. The molecule has 0 aromatic rings. The van der Waals surface area contributed by atoms with Crippen LogP contribution >= 0.6 is 0 Å². The summed E-state index contributed by atoms with van der Waals surface area (Å²) in [4.78, 5) is 13.7. The first-order valence-corrected chi connectivity index (χ1v) is 7.53. The summed E-state index contributed by atoms with van der Waals surface area (Å²) in [6.07, 6.45) is 2.07. The number of nitrogens with one attached hydrogen (secondary N) is 1. The zero-order valence-corrected chi connectivity index (χ0v) is 11.5. The Morgan fingerprint density at radius 2 is 2.00 bits per heavy atom. The van der Waals surface area contributed by atoms with Crippen LogP contribution in [0.1, 0.15) is 6.42 Å². The molecule has 0 radical (unpaired) electrons. The maximum absolute atomic E-state index is 11.6. The molecule has 6 nitrogen and oxygen atoms in total. The Morgan fingerprint density at radius 3 is 2.47 bits per heavy atom. The zero-order chi connectivity index (χ0) is 13.1. The standard InChI is InChI=1S/C10H21N3O3S/c1-12(2)6-4-5-11-10(14)9-7-13(8-9)17(3,15)16/h9H,4-8H2,1-3H3,(H,11,14). The summed E-state index contributed by atoms with van der Waals surface area (Å²) >= 11 is 0. The molecule has 17 heavy (non-hydrogen) atoms. The quantitative estimate of drug-likeness (QED) is 0.621. The van der Waals surface area contributed by atoms with E-state index in [-0.39, 0.29) is 11.8 Å². The van der Waals surface area contributed by atoms with Gasteiger partial charge in [0.1, 0.15) is 0 Å². The number of rotatable bonds is 6. The Morgan fingerprint density at radius 1 is 1.41 bits per heavy atom. The SMILES string of the molecule is CN(C)CCCNC(=O)C1CN(S(C)(=O)=O)C1. The lowest BCUT2D eigenvalue weighted by Crippen LogP contribution is -2.55. The third kappa shape index (κ3) is 4.61. The van der Waals surface area contributed by atoms with Gasteiger partial charge in [0.2, 0.25) is 15.9 Å². The van der Waals surface area contributed by atoms with Crippen molar-refractivity contribution in [3.05, 3.63) is 0 Å². The summed E-state index contributed by atoms with van der Waals surface area (Å²) in [6, 6.07) is 0. The van der Waals surface area contributed by atoms with Gasteiger partial charge < -0.3 is 10.2 Å². The van der Waals surface area contributed by atoms with Gasteiger partial charge in [-0.2, -0.15) is 0 Å². The van der Waals surface area contributed by atoms with Crippen LogP contribution in [0, 0.1) is 5.92 Å². The molecule has 100 valence electrons. The molecule has 1 rings (SSSR count). The highest BCUT2D eigenvalue weighted by Gasteiger charge is 2.37. The number of carbonyl (C=O) groups is 1. The van der Waals surface area contributed by atoms with Crippen molar-refractivity contribution in [2.24, 2.45) is 5.92 Å². The summed E-state index contributed by atoms with van der Waals surface area (Å²) in [5, 5.41) is 2.82. The van der Waals surface area contributed by atoms with Gasteiger partial charge in [0, 0.05) is 19.6 Å². The minimum Gasteiger partial charge on any atom is -0.356 e. The first-order valence-electron chi connectivity index (χ1n) is 5.68. The van der Waals surface area contributed by atoms with Gasteiger partial charge >= 0.3 is 0 Å². The smallest absolute Gasteiger partial charge is 0.225 e. The van der Waals surface area contributed by atoms with Crippen LogP contribution in [0.3, 0.4) is 0 Å². The lowest BCUT2D eigenvalue weighted by Gasteiger charge is -2.35. The van der Waals surface area contributed by atoms with E-state index in [0.717, 1.165) is 19.2 Å². The zero-order valence-electron chi connectivity index (χ0n) is 10.6. The number of nitrogens with zero attached hydrogens (tertiary/aromatic N) is 2. The fourth-order valence-electron chi connectivity index (χ4n) is 1.63. The summed E-state index contributed by atoms with van der Waals surface area (Å²) in [7, 11) is 0.845. The Labute approximate surface area is 103 Å². The minimum atomic E-state index is -3.12. The maximum Gasteiger partial charge on any atom is 0.225 e. The Balaban J connectivity index is 2.16. The molecule has 0 saturated carbocycles. The molecule has 0 atom stereocenters. The fourth-order valence-corrected chi connectivity index (χ4v) is 2.53. The van der Waals surface area contributed by atoms with Crippen molar-refractivity contribution in [1.82, 2.24) is 14.5 Å². The molecule has 1 aliphatic heterocycles. The van der Waals surface area contributed by atoms with Crippen LogP contribution in [0.5, 0.6) is 0 Å². The van der Waals surface area contributed by atoms with Crippen molar-refractivity contribution in [1.29, 1.82) is 0 Å². The van der Waals surface area contributed by atoms with Crippen molar-refractivity contribution < 1.29 is 13.2 Å². The van der Waals surface area contributed by atoms with E-state index in [4.69, 9.17) is 0 Å². The lowest BCUT2D eigenvalue weighted by atomic mass is 10.0. The van der Waals surface area contributed by atoms with E-state index in [2.05, 4.69) is 10.2 Å². The molecule has 0 unspecified atom stereocenters. The molecule has 7 heteroatoms. The van der Waals surface area contributed by atoms with E-state index in [0.29, 0.717) is 19.6 Å². The van der Waals surface area contributed by atoms with Gasteiger partial charge in [-0.25, -0.2) is 12.7 Å². The Kier molecular flexibility index (Phi) is 4.91. The molecule has 1 heterocycles. The van der Waals surface area contributed by atoms with Crippen LogP contribution in [0.4, 0.5) is 0 Å². The van der Waals surface area contributed by atoms with Crippen molar-refractivity contribution in [2.75, 3.05) is 46.5 Å². The number of amides is 1. The first kappa shape index (κ1) is 14.4. The van der Waals surface area contributed by atoms with E-state index >= 15 is 0 Å². The average molecular weight is 263 g/mol. The van der Waals surface area contributed by atoms with Crippen LogP contribution < -0.4 is 5.32 Å². The molecule has 1 N–H and O–H groups in total. The second-order valence-electron chi connectivity index (χ2n) is 4.72. The molecule has 0 aromatic carbocycles. The number of sulfonamides is 1. The van der Waals surface area contributed by atoms with E-state index in [1.54, 1.807) is 0 Å². The van der Waals surface area contributed by atoms with Gasteiger partial charge in [0.05, 0.1) is 12.2 Å². The summed E-state index contributed by atoms with van der Waals surface area (Å²) in [5.74, 6) is -0.215.